The monoisotopic (exact) mass is 326 g/mol. The Kier molecular flexibility index (Phi) is 6.32. The Labute approximate surface area is 137 Å². The van der Waals surface area contributed by atoms with E-state index < -0.39 is 21.2 Å². The van der Waals surface area contributed by atoms with Gasteiger partial charge in [0.2, 0.25) is 0 Å². The average molecular weight is 326 g/mol. The van der Waals surface area contributed by atoms with Gasteiger partial charge in [-0.15, -0.1) is 6.58 Å². The van der Waals surface area contributed by atoms with Gasteiger partial charge in [-0.2, -0.15) is 0 Å². The average Bonchev–Trinajstić information content (AvgIpc) is 2.61. The van der Waals surface area contributed by atoms with Crippen LogP contribution in [0.3, 0.4) is 0 Å². The molecule has 0 radical (unpaired) electrons. The van der Waals surface area contributed by atoms with Gasteiger partial charge < -0.3 is 8.85 Å². The molecule has 0 aliphatic rings. The Morgan fingerprint density at radius 1 is 0.870 bits per heavy atom. The van der Waals surface area contributed by atoms with Crippen molar-refractivity contribution in [2.24, 2.45) is 0 Å². The molecular weight excluding hydrogens is 308 g/mol. The number of carbonyl (C=O) groups excluding carboxylic acids is 2. The predicted octanol–water partition coefficient (Wildman–Crippen LogP) is 3.50. The molecule has 0 N–H and O–H groups in total. The second kappa shape index (κ2) is 8.70. The molecule has 0 fully saturated rings. The van der Waals surface area contributed by atoms with Crippen LogP contribution in [0.5, 0.6) is 0 Å². The summed E-state index contributed by atoms with van der Waals surface area (Å²) in [7, 11) is -2.48. The summed E-state index contributed by atoms with van der Waals surface area (Å²) in [6.45, 7) is 3.65. The lowest BCUT2D eigenvalue weighted by Gasteiger charge is -2.16. The van der Waals surface area contributed by atoms with E-state index in [9.17, 15) is 9.59 Å². The van der Waals surface area contributed by atoms with E-state index >= 15 is 0 Å². The molecule has 0 aliphatic heterocycles. The van der Waals surface area contributed by atoms with Crippen LogP contribution >= 0.6 is 0 Å². The molecule has 0 spiro atoms. The SMILES string of the molecule is C=CCC[SiH](OC(=O)c1ccccc1)OC(=O)c1ccccc1. The fourth-order valence-electron chi connectivity index (χ4n) is 1.92. The van der Waals surface area contributed by atoms with Crippen molar-refractivity contribution < 1.29 is 18.4 Å². The molecule has 4 nitrogen and oxygen atoms in total. The highest BCUT2D eigenvalue weighted by Crippen LogP contribution is 2.10. The van der Waals surface area contributed by atoms with Gasteiger partial charge in [0.1, 0.15) is 0 Å². The van der Waals surface area contributed by atoms with Crippen LogP contribution in [0.15, 0.2) is 73.3 Å². The van der Waals surface area contributed by atoms with Crippen molar-refractivity contribution in [3.63, 3.8) is 0 Å². The third-order valence-corrected chi connectivity index (χ3v) is 4.86. The predicted molar refractivity (Wildman–Crippen MR) is 90.5 cm³/mol. The molecule has 2 aromatic carbocycles. The van der Waals surface area contributed by atoms with Gasteiger partial charge in [0, 0.05) is 6.04 Å². The maximum atomic E-state index is 12.1. The number of carbonyl (C=O) groups is 2. The summed E-state index contributed by atoms with van der Waals surface area (Å²) in [6.07, 6.45) is 2.34. The second-order valence-corrected chi connectivity index (χ2v) is 6.75. The zero-order chi connectivity index (χ0) is 16.5. The van der Waals surface area contributed by atoms with Gasteiger partial charge in [-0.05, 0) is 30.7 Å². The highest BCUT2D eigenvalue weighted by atomic mass is 28.3. The summed E-state index contributed by atoms with van der Waals surface area (Å²) in [4.78, 5) is 24.3. The second-order valence-electron chi connectivity index (χ2n) is 4.84. The first-order chi connectivity index (χ1) is 11.2. The van der Waals surface area contributed by atoms with E-state index in [1.165, 1.54) is 0 Å². The van der Waals surface area contributed by atoms with Crippen molar-refractivity contribution in [3.05, 3.63) is 84.4 Å². The van der Waals surface area contributed by atoms with Crippen LogP contribution in [0.1, 0.15) is 27.1 Å². The first-order valence-electron chi connectivity index (χ1n) is 7.33. The minimum absolute atomic E-state index is 0.444. The lowest BCUT2D eigenvalue weighted by atomic mass is 10.2. The number of hydrogen-bond donors (Lipinski definition) is 0. The number of allylic oxidation sites excluding steroid dienone is 1. The Morgan fingerprint density at radius 3 is 1.70 bits per heavy atom. The molecule has 23 heavy (non-hydrogen) atoms. The van der Waals surface area contributed by atoms with E-state index in [-0.39, 0.29) is 0 Å². The summed E-state index contributed by atoms with van der Waals surface area (Å²) in [5.41, 5.74) is 0.888. The van der Waals surface area contributed by atoms with Crippen LogP contribution in [0.2, 0.25) is 6.04 Å². The largest absolute Gasteiger partial charge is 0.483 e. The highest BCUT2D eigenvalue weighted by Gasteiger charge is 2.23. The third-order valence-electron chi connectivity index (χ3n) is 3.10. The van der Waals surface area contributed by atoms with Gasteiger partial charge >= 0.3 is 21.2 Å². The standard InChI is InChI=1S/C18H18O4Si/c1-2-3-14-23(21-17(19)15-10-6-4-7-11-15)22-18(20)16-12-8-5-9-13-16/h2,4-13,23H,1,3,14H2. The van der Waals surface area contributed by atoms with Crippen LogP contribution in [0.4, 0.5) is 0 Å². The van der Waals surface area contributed by atoms with Crippen LogP contribution in [-0.2, 0) is 8.85 Å². The van der Waals surface area contributed by atoms with Crippen molar-refractivity contribution in [1.29, 1.82) is 0 Å². The summed E-state index contributed by atoms with van der Waals surface area (Å²) >= 11 is 0. The van der Waals surface area contributed by atoms with Crippen LogP contribution in [0, 0.1) is 0 Å². The fourth-order valence-corrected chi connectivity index (χ4v) is 3.46. The molecule has 0 saturated heterocycles. The van der Waals surface area contributed by atoms with Crippen molar-refractivity contribution in [3.8, 4) is 0 Å². The zero-order valence-electron chi connectivity index (χ0n) is 12.7. The van der Waals surface area contributed by atoms with Crippen LogP contribution in [-0.4, -0.2) is 21.2 Å². The lowest BCUT2D eigenvalue weighted by molar-refractivity contribution is 0.0601. The third kappa shape index (κ3) is 5.23. The van der Waals surface area contributed by atoms with Crippen molar-refractivity contribution in [2.45, 2.75) is 12.5 Å². The number of benzene rings is 2. The molecule has 0 bridgehead atoms. The van der Waals surface area contributed by atoms with E-state index in [0.717, 1.165) is 0 Å². The molecule has 2 rings (SSSR count). The van der Waals surface area contributed by atoms with Crippen LogP contribution in [0.25, 0.3) is 0 Å². The Hall–Kier alpha value is -2.66. The quantitative estimate of drug-likeness (QED) is 0.577. The van der Waals surface area contributed by atoms with Gasteiger partial charge in [-0.25, -0.2) is 9.59 Å². The Morgan fingerprint density at radius 2 is 1.30 bits per heavy atom. The lowest BCUT2D eigenvalue weighted by Crippen LogP contribution is -2.29. The van der Waals surface area contributed by atoms with E-state index in [0.29, 0.717) is 23.6 Å². The van der Waals surface area contributed by atoms with Gasteiger partial charge in [0.05, 0.1) is 11.1 Å². The summed E-state index contributed by atoms with van der Waals surface area (Å²) in [6, 6.07) is 17.8. The first kappa shape index (κ1) is 16.7. The molecule has 0 aromatic heterocycles. The molecule has 5 heteroatoms. The molecule has 0 atom stereocenters. The topological polar surface area (TPSA) is 52.6 Å². The maximum absolute atomic E-state index is 12.1. The van der Waals surface area contributed by atoms with E-state index in [2.05, 4.69) is 6.58 Å². The Bertz CT molecular complexity index is 602. The molecule has 0 aliphatic carbocycles. The normalized spacial score (nSPS) is 10.1. The zero-order valence-corrected chi connectivity index (χ0v) is 13.8. The maximum Gasteiger partial charge on any atom is 0.448 e. The first-order valence-corrected chi connectivity index (χ1v) is 9.09. The van der Waals surface area contributed by atoms with Gasteiger partial charge in [-0.1, -0.05) is 42.5 Å². The van der Waals surface area contributed by atoms with Gasteiger partial charge in [0.25, 0.3) is 0 Å². The van der Waals surface area contributed by atoms with Crippen molar-refractivity contribution in [2.75, 3.05) is 0 Å². The Balaban J connectivity index is 2.03. The highest BCUT2D eigenvalue weighted by molar-refractivity contribution is 6.49. The molecule has 118 valence electrons. The van der Waals surface area contributed by atoms with Crippen molar-refractivity contribution in [1.82, 2.24) is 0 Å². The molecule has 0 saturated carbocycles. The molecule has 0 heterocycles. The van der Waals surface area contributed by atoms with E-state index in [4.69, 9.17) is 8.85 Å². The van der Waals surface area contributed by atoms with Crippen LogP contribution < -0.4 is 0 Å². The van der Waals surface area contributed by atoms with Gasteiger partial charge in [0.15, 0.2) is 0 Å². The number of rotatable bonds is 7. The fraction of sp³-hybridized carbons (Fsp3) is 0.111. The molecular formula is C18H18O4Si. The van der Waals surface area contributed by atoms with Crippen molar-refractivity contribution >= 4 is 21.2 Å². The summed E-state index contributed by atoms with van der Waals surface area (Å²) in [5.74, 6) is -0.931. The van der Waals surface area contributed by atoms with E-state index in [1.54, 1.807) is 54.6 Å². The minimum Gasteiger partial charge on any atom is -0.483 e. The van der Waals surface area contributed by atoms with E-state index in [1.807, 2.05) is 12.1 Å². The molecule has 2 aromatic rings. The minimum atomic E-state index is -2.48. The molecule has 0 amide bonds. The summed E-state index contributed by atoms with van der Waals surface area (Å²) < 4.78 is 10.9. The summed E-state index contributed by atoms with van der Waals surface area (Å²) in [5, 5.41) is 0. The number of hydrogen-bond acceptors (Lipinski definition) is 4. The van der Waals surface area contributed by atoms with Gasteiger partial charge in [-0.3, -0.25) is 0 Å². The smallest absolute Gasteiger partial charge is 0.448 e. The molecule has 0 unspecified atom stereocenters.